The van der Waals surface area contributed by atoms with E-state index in [1.54, 1.807) is 62.3 Å². The second-order valence-electron chi connectivity index (χ2n) is 35.3. The predicted octanol–water partition coefficient (Wildman–Crippen LogP) is 22.4. The minimum Gasteiger partial charge on any atom is -0.496 e. The van der Waals surface area contributed by atoms with Crippen LogP contribution in [0.25, 0.3) is 66.8 Å². The third kappa shape index (κ3) is 19.8. The molecule has 0 spiro atoms. The summed E-state index contributed by atoms with van der Waals surface area (Å²) in [6.07, 6.45) is -4.16. The maximum atomic E-state index is 13.5. The molecule has 3 amide bonds. The first-order chi connectivity index (χ1) is 65.4. The summed E-state index contributed by atoms with van der Waals surface area (Å²) >= 11 is 0. The summed E-state index contributed by atoms with van der Waals surface area (Å²) in [6, 6.07) is 64.9. The summed E-state index contributed by atoms with van der Waals surface area (Å²) in [6.45, 7) is 24.1. The van der Waals surface area contributed by atoms with E-state index in [1.807, 2.05) is 157 Å². The van der Waals surface area contributed by atoms with Gasteiger partial charge >= 0.3 is 42.4 Å². The monoisotopic (exact) mass is 1840 g/mol. The van der Waals surface area contributed by atoms with Crippen molar-refractivity contribution in [1.82, 2.24) is 29.7 Å². The molecule has 27 heteroatoms. The summed E-state index contributed by atoms with van der Waals surface area (Å²) in [5.74, 6) is 3.41. The van der Waals surface area contributed by atoms with Gasteiger partial charge in [0.15, 0.2) is 0 Å². The van der Waals surface area contributed by atoms with E-state index >= 15 is 0 Å². The molecule has 9 aromatic carbocycles. The minimum atomic E-state index is -4.52. The first-order valence-electron chi connectivity index (χ1n) is 45.5. The average molecular weight is 1840 g/mol. The molecule has 6 aliphatic heterocycles. The van der Waals surface area contributed by atoms with Gasteiger partial charge in [-0.1, -0.05) is 108 Å². The molecule has 0 aliphatic carbocycles. The van der Waals surface area contributed by atoms with Crippen molar-refractivity contribution in [2.75, 3.05) is 96.6 Å². The number of nitrogens with zero attached hydrogens (tertiary/aromatic N) is 9. The highest BCUT2D eigenvalue weighted by molar-refractivity contribution is 5.94. The van der Waals surface area contributed by atoms with Crippen molar-refractivity contribution in [2.24, 2.45) is 0 Å². The average Bonchev–Trinajstić information content (AvgIpc) is 1.04. The number of amides is 3. The number of hydrogen-bond acceptors (Lipinski definition) is 21. The van der Waals surface area contributed by atoms with Crippen LogP contribution >= 0.6 is 0 Å². The quantitative estimate of drug-likeness (QED) is 0.0403. The van der Waals surface area contributed by atoms with Crippen LogP contribution in [-0.2, 0) is 54.2 Å². The van der Waals surface area contributed by atoms with Gasteiger partial charge in [0, 0.05) is 72.6 Å². The first-order valence-corrected chi connectivity index (χ1v) is 45.5. The Kier molecular flexibility index (Phi) is 27.9. The van der Waals surface area contributed by atoms with Gasteiger partial charge in [-0.05, 0) is 270 Å². The van der Waals surface area contributed by atoms with E-state index in [-0.39, 0.29) is 60.5 Å². The summed E-state index contributed by atoms with van der Waals surface area (Å²) in [5.41, 5.74) is 22.0. The van der Waals surface area contributed by atoms with Crippen molar-refractivity contribution in [1.29, 1.82) is 0 Å². The second-order valence-corrected chi connectivity index (χ2v) is 35.3. The molecule has 12 aromatic rings. The molecule has 3 aromatic heterocycles. The minimum absolute atomic E-state index is 0.0622. The van der Waals surface area contributed by atoms with E-state index in [4.69, 9.17) is 57.6 Å². The number of rotatable bonds is 24. The SMILES string of the molecule is COC(=O)c1ccc(-c2ccc(OC)c(-c3ccc(N4CCC4)nc3CN3C(=O)O[C@H](c4cc(C)cc(C)c4)[C@@H]3C)c2)c(C)c1.COC(=O)c1ccc(-c2ccc(OC)c(-c3ccc(N4CCC4)nc3CN3C(=O)O[C@H](c4cccc(C(F)(F)F)c4)[C@@H]3C)c2)c(C)c1.COC(=O)c1ccc(-c2ccc(OC)c(-c3ccc(N4CCC4)nc3CN3C(=O)O[C@H](c4cccc(C)c4)[C@@H]3C)c2)c(C)c1. The number of aromatic nitrogens is 3. The number of pyridine rings is 3. The van der Waals surface area contributed by atoms with Crippen molar-refractivity contribution in [2.45, 2.75) is 144 Å². The molecule has 0 radical (unpaired) electrons. The fraction of sp³-hybridized carbons (Fsp3) is 0.312. The van der Waals surface area contributed by atoms with Crippen molar-refractivity contribution < 1.29 is 84.6 Å². The summed E-state index contributed by atoms with van der Waals surface area (Å²) in [4.78, 5) is 103. The third-order valence-corrected chi connectivity index (χ3v) is 26.4. The predicted molar refractivity (Wildman–Crippen MR) is 515 cm³/mol. The number of carbonyl (C=O) groups is 6. The Hall–Kier alpha value is -14.8. The molecule has 6 saturated heterocycles. The Morgan fingerprint density at radius 3 is 0.949 bits per heavy atom. The lowest BCUT2D eigenvalue weighted by Crippen LogP contribution is -2.38. The molecule has 18 rings (SSSR count). The smallest absolute Gasteiger partial charge is 0.416 e. The number of anilines is 3. The van der Waals surface area contributed by atoms with E-state index in [0.29, 0.717) is 52.7 Å². The van der Waals surface area contributed by atoms with E-state index in [2.05, 4.69) is 77.1 Å². The summed E-state index contributed by atoms with van der Waals surface area (Å²) < 4.78 is 90.1. The molecule has 6 aliphatic rings. The number of alkyl halides is 3. The van der Waals surface area contributed by atoms with Crippen molar-refractivity contribution in [3.8, 4) is 84.0 Å². The summed E-state index contributed by atoms with van der Waals surface area (Å²) in [7, 11) is 9.00. The number of benzene rings is 9. The molecule has 9 heterocycles. The van der Waals surface area contributed by atoms with Crippen LogP contribution in [0.15, 0.2) is 212 Å². The van der Waals surface area contributed by atoms with Crippen molar-refractivity contribution in [3.05, 3.63) is 302 Å². The highest BCUT2D eigenvalue weighted by Gasteiger charge is 2.45. The zero-order valence-electron chi connectivity index (χ0n) is 78.9. The van der Waals surface area contributed by atoms with Crippen LogP contribution in [-0.4, -0.2) is 166 Å². The van der Waals surface area contributed by atoms with E-state index in [0.717, 1.165) is 211 Å². The van der Waals surface area contributed by atoms with Gasteiger partial charge in [-0.3, -0.25) is 14.7 Å². The van der Waals surface area contributed by atoms with Crippen LogP contribution in [0.3, 0.4) is 0 Å². The number of esters is 3. The van der Waals surface area contributed by atoms with Gasteiger partial charge in [0.2, 0.25) is 0 Å². The highest BCUT2D eigenvalue weighted by Crippen LogP contribution is 2.47. The maximum absolute atomic E-state index is 13.5. The largest absolute Gasteiger partial charge is 0.496 e. The summed E-state index contributed by atoms with van der Waals surface area (Å²) in [5, 5.41) is 0. The number of cyclic esters (lactones) is 3. The molecular weight excluding hydrogens is 1730 g/mol. The molecule has 0 N–H and O–H groups in total. The Balaban J connectivity index is 0.000000148. The van der Waals surface area contributed by atoms with Gasteiger partial charge in [-0.25, -0.2) is 43.7 Å². The lowest BCUT2D eigenvalue weighted by molar-refractivity contribution is -0.137. The number of methoxy groups -OCH3 is 6. The van der Waals surface area contributed by atoms with E-state index in [9.17, 15) is 41.9 Å². The second kappa shape index (κ2) is 40.2. The molecular formula is C109H110F3N9O15. The lowest BCUT2D eigenvalue weighted by Gasteiger charge is -2.33. The standard InChI is InChI=1S/C37H39N3O5.C36H34F3N3O5.C36H37N3O5/c1-22-16-23(2)18-28(17-22)35-25(4)40(37(42)45-35)21-32-30(11-13-34(38-32)39-14-7-15-39)31-20-26(9-12-33(31)43-5)29-10-8-27(19-24(29)3)36(41)44-6;1-21-17-25(34(43)46-4)9-11-27(21)23-10-13-31(45-3)29(19-23)28-12-14-32(41-15-6-16-41)40-30(28)20-42-22(2)33(47-35(42)44)24-7-5-8-26(18-24)36(37,38)39;1-22-8-6-9-26(18-22)34-24(3)39(36(41)44-34)21-31-29(13-15-33(37-31)38-16-7-17-38)30-20-25(11-14-32(30)42-4)28-12-10-27(19-23(28)2)35(40)43-5/h8-13,16-20,25,35H,7,14-15,21H2,1-6H3;5,7-14,17-19,22,33H,6,15-16,20H2,1-4H3;6,8-15,18-20,24,34H,7,16-17,21H2,1-5H3/t25-,35-;22-,33-;24-,34-/m000/s1. The van der Waals surface area contributed by atoms with Gasteiger partial charge in [-0.15, -0.1) is 0 Å². The Morgan fingerprint density at radius 2 is 0.654 bits per heavy atom. The zero-order valence-corrected chi connectivity index (χ0v) is 78.9. The van der Waals surface area contributed by atoms with Crippen molar-refractivity contribution in [3.63, 3.8) is 0 Å². The number of aryl methyl sites for hydroxylation is 6. The fourth-order valence-corrected chi connectivity index (χ4v) is 18.6. The van der Waals surface area contributed by atoms with E-state index < -0.39 is 35.9 Å². The molecule has 136 heavy (non-hydrogen) atoms. The molecule has 0 unspecified atom stereocenters. The number of carbonyl (C=O) groups excluding carboxylic acids is 6. The van der Waals surface area contributed by atoms with Gasteiger partial charge in [0.05, 0.1) is 120 Å². The number of halogens is 3. The van der Waals surface area contributed by atoms with Crippen LogP contribution in [0.1, 0.15) is 162 Å². The maximum Gasteiger partial charge on any atom is 0.416 e. The van der Waals surface area contributed by atoms with Gasteiger partial charge < -0.3 is 57.3 Å². The number of ether oxygens (including phenoxy) is 9. The van der Waals surface area contributed by atoms with Crippen LogP contribution in [0.2, 0.25) is 0 Å². The molecule has 6 fully saturated rings. The molecule has 702 valence electrons. The highest BCUT2D eigenvalue weighted by atomic mass is 19.4. The molecule has 0 bridgehead atoms. The van der Waals surface area contributed by atoms with Gasteiger partial charge in [0.25, 0.3) is 0 Å². The van der Waals surface area contributed by atoms with Crippen molar-refractivity contribution >= 4 is 53.6 Å². The van der Waals surface area contributed by atoms with E-state index in [1.165, 1.54) is 38.4 Å². The zero-order chi connectivity index (χ0) is 96.2. The first kappa shape index (κ1) is 94.4. The van der Waals surface area contributed by atoms with Crippen LogP contribution in [0.5, 0.6) is 17.2 Å². The lowest BCUT2D eigenvalue weighted by atomic mass is 9.93. The van der Waals surface area contributed by atoms with Gasteiger partial charge in [-0.2, -0.15) is 13.2 Å². The van der Waals surface area contributed by atoms with Crippen LogP contribution < -0.4 is 28.9 Å². The molecule has 0 saturated carbocycles. The Morgan fingerprint density at radius 1 is 0.346 bits per heavy atom. The Bertz CT molecular complexity index is 6570. The molecule has 24 nitrogen and oxygen atoms in total. The fourth-order valence-electron chi connectivity index (χ4n) is 18.6. The Labute approximate surface area is 789 Å². The van der Waals surface area contributed by atoms with Gasteiger partial charge in [0.1, 0.15) is 53.0 Å². The normalized spacial score (nSPS) is 17.7. The third-order valence-electron chi connectivity index (χ3n) is 26.4. The van der Waals surface area contributed by atoms with Crippen LogP contribution in [0, 0.1) is 41.5 Å². The van der Waals surface area contributed by atoms with Crippen LogP contribution in [0.4, 0.5) is 45.0 Å². The number of hydrogen-bond donors (Lipinski definition) is 0. The molecule has 6 atom stereocenters. The topological polar surface area (TPSA) is 244 Å².